The van der Waals surface area contributed by atoms with Crippen LogP contribution in [0.2, 0.25) is 0 Å². The van der Waals surface area contributed by atoms with Crippen LogP contribution in [0.1, 0.15) is 38.7 Å². The number of hydrogen-bond acceptors (Lipinski definition) is 4. The van der Waals surface area contributed by atoms with Gasteiger partial charge in [-0.3, -0.25) is 0 Å². The quantitative estimate of drug-likeness (QED) is 0.243. The molecule has 1 amide bonds. The second-order valence-corrected chi connectivity index (χ2v) is 8.68. The van der Waals surface area contributed by atoms with E-state index in [1.165, 1.54) is 0 Å². The van der Waals surface area contributed by atoms with Crippen LogP contribution in [-0.4, -0.2) is 33.8 Å². The van der Waals surface area contributed by atoms with Crippen LogP contribution in [0.15, 0.2) is 30.3 Å². The van der Waals surface area contributed by atoms with Crippen LogP contribution in [0.4, 0.5) is 0 Å². The minimum atomic E-state index is -0.446. The molecule has 25 heavy (non-hydrogen) atoms. The molecule has 1 saturated heterocycles. The topological polar surface area (TPSA) is 72.6 Å². The maximum atomic E-state index is 12.9. The molecule has 0 radical (unpaired) electrons. The molecule has 1 aliphatic heterocycles. The molecule has 2 rings (SSSR count). The summed E-state index contributed by atoms with van der Waals surface area (Å²) in [7, 11) is 0. The fraction of sp³-hybridized carbons (Fsp3) is 0.579. The van der Waals surface area contributed by atoms with Gasteiger partial charge in [-0.05, 0) is 0 Å². The van der Waals surface area contributed by atoms with Gasteiger partial charge in [0.15, 0.2) is 0 Å². The Morgan fingerprint density at radius 2 is 2.04 bits per heavy atom. The zero-order valence-electron chi connectivity index (χ0n) is 15.0. The van der Waals surface area contributed by atoms with Crippen molar-refractivity contribution in [3.05, 3.63) is 35.9 Å². The SMILES string of the molecule is CC(C)CC(C[I-]N)C(=O)N1CCC[C@H]1C(=O)OCc1ccccc1. The first-order valence-electron chi connectivity index (χ1n) is 8.81. The van der Waals surface area contributed by atoms with Gasteiger partial charge in [0.1, 0.15) is 0 Å². The molecule has 0 saturated carbocycles. The first kappa shape index (κ1) is 20.2. The standard InChI is InChI=1S/C19H28IN2O3/c1-14(2)11-16(12-20-21)18(23)22-10-6-9-17(22)19(24)25-13-15-7-4-3-5-8-15/h3-5,7-8,14,16-17H,6,9-13,21H2,1-2H3/q-1/t16?,17-/m0/s1. The molecule has 6 heteroatoms. The van der Waals surface area contributed by atoms with Crippen LogP contribution in [0.5, 0.6) is 0 Å². The van der Waals surface area contributed by atoms with Crippen molar-refractivity contribution in [2.75, 3.05) is 11.0 Å². The van der Waals surface area contributed by atoms with Gasteiger partial charge in [-0.1, -0.05) is 0 Å². The maximum absolute atomic E-state index is 12.9. The number of hydrogen-bond donors (Lipinski definition) is 1. The average molecular weight is 459 g/mol. The number of alkyl halides is 1. The molecule has 0 spiro atoms. The van der Waals surface area contributed by atoms with Gasteiger partial charge in [-0.2, -0.15) is 0 Å². The van der Waals surface area contributed by atoms with E-state index in [4.69, 9.17) is 8.68 Å². The van der Waals surface area contributed by atoms with Gasteiger partial charge in [-0.15, -0.1) is 0 Å². The normalized spacial score (nSPS) is 18.6. The van der Waals surface area contributed by atoms with Crippen molar-refractivity contribution in [1.82, 2.24) is 4.90 Å². The molecular formula is C19H28IN2O3-. The monoisotopic (exact) mass is 459 g/mol. The van der Waals surface area contributed by atoms with Crippen LogP contribution >= 0.6 is 0 Å². The van der Waals surface area contributed by atoms with Crippen LogP contribution in [0.3, 0.4) is 0 Å². The van der Waals surface area contributed by atoms with Gasteiger partial charge in [0.2, 0.25) is 0 Å². The zero-order valence-corrected chi connectivity index (χ0v) is 17.1. The van der Waals surface area contributed by atoms with E-state index in [1.54, 1.807) is 4.90 Å². The first-order chi connectivity index (χ1) is 12.0. The Morgan fingerprint density at radius 1 is 1.32 bits per heavy atom. The Bertz CT molecular complexity index is 565. The van der Waals surface area contributed by atoms with E-state index >= 15 is 0 Å². The van der Waals surface area contributed by atoms with Crippen molar-refractivity contribution in [2.24, 2.45) is 15.8 Å². The minimum absolute atomic E-state index is 0.0553. The number of rotatable bonds is 8. The number of nitrogens with two attached hydrogens (primary N) is 1. The van der Waals surface area contributed by atoms with Gasteiger partial charge in [0.05, 0.1) is 0 Å². The second-order valence-electron chi connectivity index (χ2n) is 6.92. The summed E-state index contributed by atoms with van der Waals surface area (Å²) in [5.74, 6) is 0.175. The summed E-state index contributed by atoms with van der Waals surface area (Å²) in [4.78, 5) is 27.2. The summed E-state index contributed by atoms with van der Waals surface area (Å²) < 4.78 is 12.0. The van der Waals surface area contributed by atoms with E-state index in [2.05, 4.69) is 13.8 Å². The van der Waals surface area contributed by atoms with E-state index in [-0.39, 0.29) is 24.4 Å². The van der Waals surface area contributed by atoms with Crippen molar-refractivity contribution in [1.29, 1.82) is 0 Å². The van der Waals surface area contributed by atoms with E-state index < -0.39 is 27.5 Å². The Balaban J connectivity index is 1.97. The van der Waals surface area contributed by atoms with Gasteiger partial charge < -0.3 is 0 Å². The molecule has 2 atom stereocenters. The molecule has 140 valence electrons. The molecule has 0 bridgehead atoms. The van der Waals surface area contributed by atoms with Crippen LogP contribution in [0, 0.1) is 11.8 Å². The fourth-order valence-corrected chi connectivity index (χ4v) is 4.59. The third kappa shape index (κ3) is 5.95. The molecule has 1 fully saturated rings. The Morgan fingerprint density at radius 3 is 2.68 bits per heavy atom. The van der Waals surface area contributed by atoms with Crippen LogP contribution in [0.25, 0.3) is 0 Å². The number of benzene rings is 1. The number of nitrogens with zero attached hydrogens (tertiary/aromatic N) is 1. The second kappa shape index (κ2) is 10.1. The molecular weight excluding hydrogens is 431 g/mol. The van der Waals surface area contributed by atoms with Gasteiger partial charge in [-0.25, -0.2) is 0 Å². The summed E-state index contributed by atoms with van der Waals surface area (Å²) >= 11 is -0.446. The summed E-state index contributed by atoms with van der Waals surface area (Å²) in [6, 6.07) is 9.17. The first-order valence-corrected chi connectivity index (χ1v) is 11.6. The van der Waals surface area contributed by atoms with E-state index in [1.807, 2.05) is 30.3 Å². The molecule has 5 nitrogen and oxygen atoms in total. The Hall–Kier alpha value is -1.15. The Kier molecular flexibility index (Phi) is 8.15. The number of amides is 1. The zero-order chi connectivity index (χ0) is 18.2. The molecule has 1 heterocycles. The van der Waals surface area contributed by atoms with E-state index in [9.17, 15) is 9.59 Å². The molecule has 1 aromatic carbocycles. The number of carbonyl (C=O) groups excluding carboxylic acids is 2. The van der Waals surface area contributed by atoms with E-state index in [0.29, 0.717) is 18.9 Å². The average Bonchev–Trinajstić information content (AvgIpc) is 3.09. The van der Waals surface area contributed by atoms with Gasteiger partial charge in [0.25, 0.3) is 0 Å². The van der Waals surface area contributed by atoms with Crippen molar-refractivity contribution < 1.29 is 35.8 Å². The molecule has 1 unspecified atom stereocenters. The van der Waals surface area contributed by atoms with Crippen molar-refractivity contribution in [3.63, 3.8) is 0 Å². The molecule has 0 aromatic heterocycles. The summed E-state index contributed by atoms with van der Waals surface area (Å²) in [5, 5.41) is 0. The van der Waals surface area contributed by atoms with Crippen molar-refractivity contribution in [3.8, 4) is 0 Å². The van der Waals surface area contributed by atoms with Gasteiger partial charge in [0, 0.05) is 0 Å². The molecule has 0 aliphatic carbocycles. The predicted octanol–water partition coefficient (Wildman–Crippen LogP) is -0.654. The Labute approximate surface area is 160 Å². The third-order valence-corrected chi connectivity index (χ3v) is 5.98. The summed E-state index contributed by atoms with van der Waals surface area (Å²) in [6.07, 6.45) is 2.37. The van der Waals surface area contributed by atoms with Gasteiger partial charge >= 0.3 is 161 Å². The summed E-state index contributed by atoms with van der Waals surface area (Å²) in [6.45, 7) is 5.12. The number of halogens is 1. The predicted molar refractivity (Wildman–Crippen MR) is 93.0 cm³/mol. The number of esters is 1. The summed E-state index contributed by atoms with van der Waals surface area (Å²) in [5.41, 5.74) is 0.956. The number of ether oxygens (including phenoxy) is 1. The number of likely N-dealkylation sites (tertiary alicyclic amines) is 1. The van der Waals surface area contributed by atoms with E-state index in [0.717, 1.165) is 22.8 Å². The third-order valence-electron chi connectivity index (χ3n) is 4.41. The number of carbonyl (C=O) groups is 2. The van der Waals surface area contributed by atoms with Crippen molar-refractivity contribution in [2.45, 2.75) is 45.8 Å². The molecule has 1 aliphatic rings. The molecule has 2 N–H and O–H groups in total. The molecule has 1 aromatic rings. The van der Waals surface area contributed by atoms with Crippen LogP contribution in [-0.2, 0) is 20.9 Å². The van der Waals surface area contributed by atoms with Crippen molar-refractivity contribution >= 4 is 11.9 Å². The van der Waals surface area contributed by atoms with Crippen LogP contribution < -0.4 is 25.4 Å². The fourth-order valence-electron chi connectivity index (χ4n) is 3.24.